The third-order valence-corrected chi connectivity index (χ3v) is 8.12. The van der Waals surface area contributed by atoms with Crippen LogP contribution in [0.3, 0.4) is 0 Å². The third kappa shape index (κ3) is 7.07. The second-order valence-corrected chi connectivity index (χ2v) is 10.8. The number of anilines is 1. The fourth-order valence-corrected chi connectivity index (χ4v) is 5.70. The molecule has 234 valence electrons. The van der Waals surface area contributed by atoms with Crippen molar-refractivity contribution in [3.63, 3.8) is 0 Å². The van der Waals surface area contributed by atoms with Crippen LogP contribution in [0, 0.1) is 0 Å². The van der Waals surface area contributed by atoms with Gasteiger partial charge >= 0.3 is 6.55 Å². The van der Waals surface area contributed by atoms with Gasteiger partial charge in [-0.25, -0.2) is 19.9 Å². The highest BCUT2D eigenvalue weighted by molar-refractivity contribution is 6.09. The molecule has 5 N–H and O–H groups in total. The lowest BCUT2D eigenvalue weighted by molar-refractivity contribution is -0.127. The molecule has 1 fully saturated rings. The maximum atomic E-state index is 12.6. The number of fused-ring (bicyclic) bond motifs is 2. The minimum atomic E-state index is -2.83. The molecular weight excluding hydrogens is 576 g/mol. The second kappa shape index (κ2) is 14.2. The highest BCUT2D eigenvalue weighted by atomic mass is 19.3. The molecule has 1 aromatic carbocycles. The Morgan fingerprint density at radius 1 is 1.13 bits per heavy atom. The number of hydrogen-bond donors (Lipinski definition) is 3. The largest absolute Gasteiger partial charge is 0.404 e. The standard InChI is InChI=1S/C24H21F2N7.C9H16N2O/c25-24(26)30-13-16(12-27)19-8-9-20-23(31-19)33(17-7-6-14-3-1-4-15(14)11-17)22(32-20)18-5-2-10-29-21(18)28;1-3-9(12)11-6-4-8(10-2)5-7-11/h2,5-13,24H,1,3-4,27H2,(H2,28,29);3,8,10H,1,4-7H2,2H3/b16-12+,30-13+;. The van der Waals surface area contributed by atoms with Crippen LogP contribution in [0.2, 0.25) is 0 Å². The molecule has 0 saturated carbocycles. The van der Waals surface area contributed by atoms with Gasteiger partial charge in [-0.1, -0.05) is 12.6 Å². The summed E-state index contributed by atoms with van der Waals surface area (Å²) in [6, 6.07) is 14.0. The summed E-state index contributed by atoms with van der Waals surface area (Å²) in [7, 11) is 1.97. The lowest BCUT2D eigenvalue weighted by atomic mass is 10.1. The fraction of sp³-hybridized carbons (Fsp3) is 0.303. The average Bonchev–Trinajstić information content (AvgIpc) is 3.69. The Labute approximate surface area is 260 Å². The van der Waals surface area contributed by atoms with E-state index in [0.717, 1.165) is 57.1 Å². The van der Waals surface area contributed by atoms with Crippen molar-refractivity contribution in [2.75, 3.05) is 25.9 Å². The number of benzene rings is 1. The topological polar surface area (TPSA) is 140 Å². The van der Waals surface area contributed by atoms with Gasteiger partial charge < -0.3 is 21.7 Å². The van der Waals surface area contributed by atoms with E-state index in [9.17, 15) is 13.6 Å². The average molecular weight is 614 g/mol. The van der Waals surface area contributed by atoms with Crippen LogP contribution in [0.4, 0.5) is 14.6 Å². The summed E-state index contributed by atoms with van der Waals surface area (Å²) in [5, 5.41) is 3.22. The van der Waals surface area contributed by atoms with Crippen molar-refractivity contribution in [3.8, 4) is 17.1 Å². The minimum Gasteiger partial charge on any atom is -0.404 e. The molecule has 0 atom stereocenters. The number of rotatable bonds is 7. The number of alkyl halides is 2. The number of likely N-dealkylation sites (tertiary alicyclic amines) is 1. The van der Waals surface area contributed by atoms with Gasteiger partial charge in [-0.3, -0.25) is 9.36 Å². The molecule has 0 radical (unpaired) electrons. The van der Waals surface area contributed by atoms with Gasteiger partial charge in [0.05, 0.1) is 11.3 Å². The van der Waals surface area contributed by atoms with Crippen LogP contribution in [0.1, 0.15) is 36.1 Å². The van der Waals surface area contributed by atoms with E-state index in [0.29, 0.717) is 40.1 Å². The number of aryl methyl sites for hydroxylation is 2. The van der Waals surface area contributed by atoms with Crippen LogP contribution in [-0.4, -0.2) is 69.3 Å². The number of piperidine rings is 1. The number of nitrogens with zero attached hydrogens (tertiary/aromatic N) is 6. The van der Waals surface area contributed by atoms with Crippen molar-refractivity contribution in [3.05, 3.63) is 84.3 Å². The van der Waals surface area contributed by atoms with Crippen molar-refractivity contribution < 1.29 is 13.6 Å². The maximum Gasteiger partial charge on any atom is 0.331 e. The fourth-order valence-electron chi connectivity index (χ4n) is 5.70. The first-order valence-electron chi connectivity index (χ1n) is 14.9. The van der Waals surface area contributed by atoms with Gasteiger partial charge in [0.15, 0.2) is 11.5 Å². The SMILES string of the molecule is C=CC(=O)N1CCC(NC)CC1.N/C=C(\C=N\C(F)F)c1ccc2nc(-c3cccnc3N)n(-c3ccc4c(c3)CCC4)c2n1. The molecule has 1 amide bonds. The van der Waals surface area contributed by atoms with E-state index in [2.05, 4.69) is 34.0 Å². The molecular formula is C33H37F2N9O. The van der Waals surface area contributed by atoms with Gasteiger partial charge in [-0.15, -0.1) is 0 Å². The first-order chi connectivity index (χ1) is 21.8. The van der Waals surface area contributed by atoms with Crippen molar-refractivity contribution in [2.24, 2.45) is 10.7 Å². The maximum absolute atomic E-state index is 12.6. The summed E-state index contributed by atoms with van der Waals surface area (Å²) in [6.45, 7) is 2.35. The van der Waals surface area contributed by atoms with Crippen molar-refractivity contribution in [2.45, 2.75) is 44.7 Å². The number of pyridine rings is 2. The molecule has 3 aromatic heterocycles. The van der Waals surface area contributed by atoms with E-state index in [-0.39, 0.29) is 11.5 Å². The van der Waals surface area contributed by atoms with Crippen molar-refractivity contribution >= 4 is 34.7 Å². The van der Waals surface area contributed by atoms with E-state index < -0.39 is 6.55 Å². The summed E-state index contributed by atoms with van der Waals surface area (Å²) in [6.07, 6.45) is 10.6. The number of hydrogen-bond acceptors (Lipinski definition) is 8. The molecule has 6 rings (SSSR count). The minimum absolute atomic E-state index is 0.0598. The molecule has 1 saturated heterocycles. The number of allylic oxidation sites excluding steroid dienone is 1. The smallest absolute Gasteiger partial charge is 0.331 e. The molecule has 12 heteroatoms. The van der Waals surface area contributed by atoms with Crippen LogP contribution >= 0.6 is 0 Å². The number of imidazole rings is 1. The first-order valence-corrected chi connectivity index (χ1v) is 14.9. The monoisotopic (exact) mass is 613 g/mol. The number of nitrogen functional groups attached to an aromatic ring is 1. The summed E-state index contributed by atoms with van der Waals surface area (Å²) in [4.78, 5) is 29.9. The molecule has 10 nitrogen and oxygen atoms in total. The molecule has 0 spiro atoms. The number of aliphatic imine (C=N–C) groups is 1. The Hall–Kier alpha value is -4.97. The van der Waals surface area contributed by atoms with Crippen LogP contribution in [0.15, 0.2) is 72.5 Å². The Bertz CT molecular complexity index is 1740. The molecule has 0 unspecified atom stereocenters. The molecule has 45 heavy (non-hydrogen) atoms. The molecule has 4 heterocycles. The lowest BCUT2D eigenvalue weighted by Gasteiger charge is -2.30. The molecule has 1 aliphatic carbocycles. The normalized spacial score (nSPS) is 15.4. The number of carbonyl (C=O) groups excluding carboxylic acids is 1. The quantitative estimate of drug-likeness (QED) is 0.158. The summed E-state index contributed by atoms with van der Waals surface area (Å²) in [5.74, 6) is 1.00. The number of nitrogens with one attached hydrogen (secondary N) is 1. The van der Waals surface area contributed by atoms with Gasteiger partial charge in [0.25, 0.3) is 0 Å². The Morgan fingerprint density at radius 2 is 1.91 bits per heavy atom. The summed E-state index contributed by atoms with van der Waals surface area (Å²) in [5.41, 5.74) is 17.9. The summed E-state index contributed by atoms with van der Waals surface area (Å²) < 4.78 is 27.1. The number of nitrogens with two attached hydrogens (primary N) is 2. The van der Waals surface area contributed by atoms with E-state index in [1.165, 1.54) is 23.4 Å². The summed E-state index contributed by atoms with van der Waals surface area (Å²) >= 11 is 0. The zero-order valence-corrected chi connectivity index (χ0v) is 25.2. The predicted octanol–water partition coefficient (Wildman–Crippen LogP) is 4.53. The first kappa shape index (κ1) is 31.5. The molecule has 4 aromatic rings. The van der Waals surface area contributed by atoms with Gasteiger partial charge in [-0.05, 0) is 92.8 Å². The molecule has 2 aliphatic rings. The third-order valence-electron chi connectivity index (χ3n) is 8.12. The number of carbonyl (C=O) groups is 1. The van der Waals surface area contributed by atoms with Gasteiger partial charge in [0.1, 0.15) is 11.3 Å². The van der Waals surface area contributed by atoms with Gasteiger partial charge in [0, 0.05) is 49.0 Å². The highest BCUT2D eigenvalue weighted by Crippen LogP contribution is 2.33. The highest BCUT2D eigenvalue weighted by Gasteiger charge is 2.21. The zero-order valence-electron chi connectivity index (χ0n) is 25.2. The lowest BCUT2D eigenvalue weighted by Crippen LogP contribution is -2.43. The van der Waals surface area contributed by atoms with Gasteiger partial charge in [-0.2, -0.15) is 8.78 Å². The van der Waals surface area contributed by atoms with E-state index in [1.807, 2.05) is 28.6 Å². The Morgan fingerprint density at radius 3 is 2.60 bits per heavy atom. The molecule has 0 bridgehead atoms. The number of aromatic nitrogens is 4. The van der Waals surface area contributed by atoms with E-state index in [1.54, 1.807) is 24.4 Å². The zero-order chi connectivity index (χ0) is 31.9. The van der Waals surface area contributed by atoms with Crippen LogP contribution < -0.4 is 16.8 Å². The van der Waals surface area contributed by atoms with Crippen molar-refractivity contribution in [1.29, 1.82) is 0 Å². The van der Waals surface area contributed by atoms with Crippen molar-refractivity contribution in [1.82, 2.24) is 29.7 Å². The number of amides is 1. The predicted molar refractivity (Wildman–Crippen MR) is 174 cm³/mol. The van der Waals surface area contributed by atoms with Gasteiger partial charge in [0.2, 0.25) is 5.91 Å². The van der Waals surface area contributed by atoms with E-state index in [4.69, 9.17) is 21.4 Å². The van der Waals surface area contributed by atoms with Crippen LogP contribution in [-0.2, 0) is 17.6 Å². The Balaban J connectivity index is 0.000000282. The number of halogens is 2. The second-order valence-electron chi connectivity index (χ2n) is 10.8. The van der Waals surface area contributed by atoms with E-state index >= 15 is 0 Å². The van der Waals surface area contributed by atoms with Crippen LogP contribution in [0.5, 0.6) is 0 Å². The van der Waals surface area contributed by atoms with Crippen LogP contribution in [0.25, 0.3) is 33.8 Å². The molecule has 1 aliphatic heterocycles. The Kier molecular flexibility index (Phi) is 9.93.